The minimum atomic E-state index is -1.71. The molecule has 108 valence electrons. The summed E-state index contributed by atoms with van der Waals surface area (Å²) in [5, 5.41) is 0.510. The highest BCUT2D eigenvalue weighted by Gasteiger charge is 2.22. The van der Waals surface area contributed by atoms with Crippen molar-refractivity contribution in [2.75, 3.05) is 0 Å². The summed E-state index contributed by atoms with van der Waals surface area (Å²) in [5.41, 5.74) is 1.03. The number of rotatable bonds is 2. The molecule has 1 N–H and O–H groups in total. The van der Waals surface area contributed by atoms with Gasteiger partial charge in [-0.15, -0.1) is 0 Å². The van der Waals surface area contributed by atoms with Gasteiger partial charge in [0.15, 0.2) is 16.8 Å². The maximum Gasteiger partial charge on any atom is 0.252 e. The van der Waals surface area contributed by atoms with Crippen LogP contribution >= 0.6 is 23.4 Å². The summed E-state index contributed by atoms with van der Waals surface area (Å²) in [6, 6.07) is 4.75. The zero-order chi connectivity index (χ0) is 15.1. The first-order valence-corrected chi connectivity index (χ1v) is 6.68. The minimum absolute atomic E-state index is 0.0649. The molecule has 9 heteroatoms. The van der Waals surface area contributed by atoms with E-state index in [0.717, 1.165) is 0 Å². The SMILES string of the molecule is Fc1nc(F)c(F)c(Sc2nc3ccc(Cl)cc3[nH]2)c1F. The van der Waals surface area contributed by atoms with Crippen LogP contribution in [-0.4, -0.2) is 15.0 Å². The van der Waals surface area contributed by atoms with Gasteiger partial charge in [0.2, 0.25) is 0 Å². The molecule has 0 unspecified atom stereocenters. The van der Waals surface area contributed by atoms with Crippen molar-refractivity contribution in [2.24, 2.45) is 0 Å². The summed E-state index contributed by atoms with van der Waals surface area (Å²) in [6.07, 6.45) is 0. The smallest absolute Gasteiger partial charge is 0.252 e. The van der Waals surface area contributed by atoms with Crippen molar-refractivity contribution in [3.63, 3.8) is 0 Å². The molecular formula is C12H4ClF4N3S. The zero-order valence-electron chi connectivity index (χ0n) is 9.92. The first kappa shape index (κ1) is 14.2. The van der Waals surface area contributed by atoms with E-state index in [2.05, 4.69) is 15.0 Å². The molecule has 0 aliphatic rings. The van der Waals surface area contributed by atoms with E-state index in [4.69, 9.17) is 11.6 Å². The van der Waals surface area contributed by atoms with E-state index in [0.29, 0.717) is 27.8 Å². The van der Waals surface area contributed by atoms with Gasteiger partial charge in [-0.2, -0.15) is 13.8 Å². The van der Waals surface area contributed by atoms with Gasteiger partial charge in [-0.1, -0.05) is 11.6 Å². The van der Waals surface area contributed by atoms with Crippen molar-refractivity contribution in [3.05, 3.63) is 46.8 Å². The van der Waals surface area contributed by atoms with E-state index in [1.807, 2.05) is 0 Å². The Morgan fingerprint density at radius 1 is 1.00 bits per heavy atom. The Labute approximate surface area is 124 Å². The number of fused-ring (bicyclic) bond motifs is 1. The number of hydrogen-bond acceptors (Lipinski definition) is 3. The topological polar surface area (TPSA) is 41.6 Å². The van der Waals surface area contributed by atoms with Crippen molar-refractivity contribution in [1.29, 1.82) is 0 Å². The molecule has 0 fully saturated rings. The molecule has 0 radical (unpaired) electrons. The number of halogens is 5. The molecule has 0 aliphatic carbocycles. The van der Waals surface area contributed by atoms with Crippen molar-refractivity contribution < 1.29 is 17.6 Å². The van der Waals surface area contributed by atoms with Gasteiger partial charge in [0.25, 0.3) is 11.9 Å². The fraction of sp³-hybridized carbons (Fsp3) is 0. The van der Waals surface area contributed by atoms with E-state index >= 15 is 0 Å². The molecule has 3 rings (SSSR count). The molecule has 0 aliphatic heterocycles. The van der Waals surface area contributed by atoms with Crippen LogP contribution in [0.5, 0.6) is 0 Å². The number of aromatic amines is 1. The van der Waals surface area contributed by atoms with Gasteiger partial charge in [-0.05, 0) is 30.0 Å². The molecular weight excluding hydrogens is 330 g/mol. The van der Waals surface area contributed by atoms with Crippen molar-refractivity contribution in [3.8, 4) is 0 Å². The van der Waals surface area contributed by atoms with E-state index < -0.39 is 28.4 Å². The van der Waals surface area contributed by atoms with Gasteiger partial charge < -0.3 is 4.98 Å². The largest absolute Gasteiger partial charge is 0.333 e. The summed E-state index contributed by atoms with van der Waals surface area (Å²) >= 11 is 6.22. The number of imidazole rings is 1. The first-order chi connectivity index (χ1) is 9.95. The molecule has 0 spiro atoms. The molecule has 2 heterocycles. The number of hydrogen-bond donors (Lipinski definition) is 1. The van der Waals surface area contributed by atoms with Crippen LogP contribution in [0.15, 0.2) is 28.3 Å². The van der Waals surface area contributed by atoms with Gasteiger partial charge in [-0.25, -0.2) is 13.8 Å². The maximum absolute atomic E-state index is 13.5. The lowest BCUT2D eigenvalue weighted by molar-refractivity contribution is 0.383. The van der Waals surface area contributed by atoms with Gasteiger partial charge >= 0.3 is 0 Å². The van der Waals surface area contributed by atoms with Crippen molar-refractivity contribution in [2.45, 2.75) is 10.1 Å². The summed E-state index contributed by atoms with van der Waals surface area (Å²) in [5.74, 6) is -6.57. The molecule has 0 atom stereocenters. The minimum Gasteiger partial charge on any atom is -0.333 e. The van der Waals surface area contributed by atoms with Crippen LogP contribution in [0.3, 0.4) is 0 Å². The van der Waals surface area contributed by atoms with Crippen LogP contribution < -0.4 is 0 Å². The molecule has 0 saturated carbocycles. The Morgan fingerprint density at radius 2 is 1.67 bits per heavy atom. The average Bonchev–Trinajstić information content (AvgIpc) is 2.83. The fourth-order valence-electron chi connectivity index (χ4n) is 1.66. The summed E-state index contributed by atoms with van der Waals surface area (Å²) < 4.78 is 53.1. The van der Waals surface area contributed by atoms with E-state index in [1.165, 1.54) is 0 Å². The van der Waals surface area contributed by atoms with E-state index in [-0.39, 0.29) is 5.16 Å². The quantitative estimate of drug-likeness (QED) is 0.561. The third-order valence-electron chi connectivity index (χ3n) is 2.58. The van der Waals surface area contributed by atoms with Crippen molar-refractivity contribution in [1.82, 2.24) is 15.0 Å². The van der Waals surface area contributed by atoms with Crippen molar-refractivity contribution >= 4 is 34.4 Å². The molecule has 3 aromatic rings. The predicted molar refractivity (Wildman–Crippen MR) is 69.3 cm³/mol. The number of nitrogens with one attached hydrogen (secondary N) is 1. The lowest BCUT2D eigenvalue weighted by Gasteiger charge is -2.03. The molecule has 0 saturated heterocycles. The normalized spacial score (nSPS) is 11.3. The maximum atomic E-state index is 13.5. The Hall–Kier alpha value is -1.80. The van der Waals surface area contributed by atoms with Crippen LogP contribution in [-0.2, 0) is 0 Å². The van der Waals surface area contributed by atoms with Gasteiger partial charge in [0.1, 0.15) is 0 Å². The van der Waals surface area contributed by atoms with Crippen LogP contribution in [0, 0.1) is 23.5 Å². The molecule has 2 aromatic heterocycles. The third kappa shape index (κ3) is 2.56. The second-order valence-corrected chi connectivity index (χ2v) is 5.39. The molecule has 0 amide bonds. The van der Waals surface area contributed by atoms with Gasteiger partial charge in [-0.3, -0.25) is 0 Å². The van der Waals surface area contributed by atoms with E-state index in [9.17, 15) is 17.6 Å². The standard InChI is InChI=1S/C12H4ClF4N3S/c13-4-1-2-5-6(3-4)19-12(18-5)21-9-7(14)10(16)20-11(17)8(9)15/h1-3H,(H,18,19). The molecule has 3 nitrogen and oxygen atoms in total. The number of benzene rings is 1. The highest BCUT2D eigenvalue weighted by molar-refractivity contribution is 7.99. The first-order valence-electron chi connectivity index (χ1n) is 5.49. The summed E-state index contributed by atoms with van der Waals surface area (Å²) in [4.78, 5) is 8.42. The lowest BCUT2D eigenvalue weighted by Crippen LogP contribution is -2.02. The van der Waals surface area contributed by atoms with Crippen LogP contribution in [0.25, 0.3) is 11.0 Å². The number of nitrogens with zero attached hydrogens (tertiary/aromatic N) is 2. The van der Waals surface area contributed by atoms with Gasteiger partial charge in [0, 0.05) is 5.02 Å². The Bertz CT molecular complexity index is 826. The van der Waals surface area contributed by atoms with Crippen LogP contribution in [0.1, 0.15) is 0 Å². The number of pyridine rings is 1. The number of H-pyrrole nitrogens is 1. The second-order valence-electron chi connectivity index (χ2n) is 3.96. The summed E-state index contributed by atoms with van der Waals surface area (Å²) in [7, 11) is 0. The lowest BCUT2D eigenvalue weighted by atomic mass is 10.3. The number of aromatic nitrogens is 3. The second kappa shape index (κ2) is 5.19. The van der Waals surface area contributed by atoms with E-state index in [1.54, 1.807) is 18.2 Å². The molecule has 1 aromatic carbocycles. The fourth-order valence-corrected chi connectivity index (χ4v) is 2.68. The highest BCUT2D eigenvalue weighted by Crippen LogP contribution is 2.33. The molecule has 0 bridgehead atoms. The molecule has 21 heavy (non-hydrogen) atoms. The van der Waals surface area contributed by atoms with Crippen LogP contribution in [0.4, 0.5) is 17.6 Å². The zero-order valence-corrected chi connectivity index (χ0v) is 11.5. The van der Waals surface area contributed by atoms with Gasteiger partial charge in [0.05, 0.1) is 15.9 Å². The Morgan fingerprint density at radius 3 is 2.33 bits per heavy atom. The third-order valence-corrected chi connectivity index (χ3v) is 3.76. The van der Waals surface area contributed by atoms with Crippen LogP contribution in [0.2, 0.25) is 5.02 Å². The predicted octanol–water partition coefficient (Wildman–Crippen LogP) is 4.32. The Balaban J connectivity index is 2.06. The average molecular weight is 334 g/mol. The monoisotopic (exact) mass is 333 g/mol. The summed E-state index contributed by atoms with van der Waals surface area (Å²) in [6.45, 7) is 0. The Kier molecular flexibility index (Phi) is 3.50. The highest BCUT2D eigenvalue weighted by atomic mass is 35.5.